The maximum Gasteiger partial charge on any atom is 0.310 e. The van der Waals surface area contributed by atoms with Crippen LogP contribution >= 0.6 is 31.9 Å². The average Bonchev–Trinajstić information content (AvgIpc) is 2.84. The lowest BCUT2D eigenvalue weighted by atomic mass is 9.78. The predicted molar refractivity (Wildman–Crippen MR) is 76.6 cm³/mol. The van der Waals surface area contributed by atoms with Gasteiger partial charge in [-0.25, -0.2) is 0 Å². The largest absolute Gasteiger partial charge is 0.481 e. The fourth-order valence-electron chi connectivity index (χ4n) is 2.70. The number of aliphatic carboxylic acids is 1. The topological polar surface area (TPSA) is 75.6 Å². The van der Waals surface area contributed by atoms with Crippen LogP contribution < -0.4 is 5.32 Å². The summed E-state index contributed by atoms with van der Waals surface area (Å²) in [5.74, 6) is -2.27. The highest BCUT2D eigenvalue weighted by molar-refractivity contribution is 9.12. The van der Waals surface area contributed by atoms with Crippen molar-refractivity contribution in [2.24, 2.45) is 17.8 Å². The summed E-state index contributed by atoms with van der Waals surface area (Å²) in [6.07, 6.45) is -0.843. The number of carboxylic acid groups (broad SMARTS) is 1. The quantitative estimate of drug-likeness (QED) is 0.701. The van der Waals surface area contributed by atoms with E-state index in [4.69, 9.17) is 4.74 Å². The zero-order chi connectivity index (χ0) is 14.3. The number of rotatable bonds is 4. The Morgan fingerprint density at radius 1 is 1.21 bits per heavy atom. The average molecular weight is 399 g/mol. The van der Waals surface area contributed by atoms with Crippen molar-refractivity contribution >= 4 is 43.7 Å². The van der Waals surface area contributed by atoms with Crippen molar-refractivity contribution in [2.45, 2.75) is 35.7 Å². The van der Waals surface area contributed by atoms with Crippen LogP contribution in [0.4, 0.5) is 0 Å². The van der Waals surface area contributed by atoms with Gasteiger partial charge in [-0.15, -0.1) is 0 Å². The lowest BCUT2D eigenvalue weighted by molar-refractivity contribution is -0.147. The smallest absolute Gasteiger partial charge is 0.310 e. The lowest BCUT2D eigenvalue weighted by Gasteiger charge is -2.30. The molecule has 0 aromatic heterocycles. The van der Waals surface area contributed by atoms with Crippen LogP contribution in [0, 0.1) is 17.8 Å². The van der Waals surface area contributed by atoms with Crippen molar-refractivity contribution < 1.29 is 19.4 Å². The summed E-state index contributed by atoms with van der Waals surface area (Å²) in [5, 5.41) is 12.2. The predicted octanol–water partition coefficient (Wildman–Crippen LogP) is 1.38. The molecule has 2 aliphatic heterocycles. The molecule has 0 radical (unpaired) electrons. The zero-order valence-electron chi connectivity index (χ0n) is 10.7. The molecule has 6 atom stereocenters. The fourth-order valence-corrected chi connectivity index (χ4v) is 4.21. The minimum Gasteiger partial charge on any atom is -0.481 e. The Bertz CT molecular complexity index is 390. The van der Waals surface area contributed by atoms with E-state index in [1.807, 2.05) is 13.8 Å². The molecule has 19 heavy (non-hydrogen) atoms. The number of carboxylic acids is 1. The Morgan fingerprint density at radius 2 is 1.74 bits per heavy atom. The van der Waals surface area contributed by atoms with Crippen LogP contribution in [-0.4, -0.2) is 45.4 Å². The van der Waals surface area contributed by atoms with Crippen molar-refractivity contribution in [1.29, 1.82) is 0 Å². The normalized spacial score (nSPS) is 40.7. The van der Waals surface area contributed by atoms with Gasteiger partial charge in [0.15, 0.2) is 0 Å². The first-order chi connectivity index (χ1) is 8.84. The van der Waals surface area contributed by atoms with Gasteiger partial charge in [0.1, 0.15) is 0 Å². The lowest BCUT2D eigenvalue weighted by Crippen LogP contribution is -2.51. The molecule has 2 saturated heterocycles. The Hall–Kier alpha value is -0.140. The molecule has 0 saturated carbocycles. The van der Waals surface area contributed by atoms with Gasteiger partial charge in [0.25, 0.3) is 0 Å². The van der Waals surface area contributed by atoms with E-state index < -0.39 is 23.9 Å². The van der Waals surface area contributed by atoms with Gasteiger partial charge >= 0.3 is 5.97 Å². The molecule has 2 aliphatic rings. The number of ether oxygens (including phenoxy) is 1. The van der Waals surface area contributed by atoms with Crippen molar-refractivity contribution in [3.05, 3.63) is 0 Å². The van der Waals surface area contributed by atoms with Gasteiger partial charge in [0, 0.05) is 6.54 Å². The van der Waals surface area contributed by atoms with E-state index in [1.54, 1.807) is 0 Å². The summed E-state index contributed by atoms with van der Waals surface area (Å²) in [6, 6.07) is 0. The van der Waals surface area contributed by atoms with Crippen molar-refractivity contribution in [2.75, 3.05) is 6.54 Å². The number of nitrogens with one attached hydrogen (secondary N) is 1. The molecule has 2 fully saturated rings. The number of hydrogen-bond donors (Lipinski definition) is 2. The number of carbonyl (C=O) groups excluding carboxylic acids is 1. The molecule has 0 aliphatic carbocycles. The van der Waals surface area contributed by atoms with E-state index in [0.29, 0.717) is 12.5 Å². The van der Waals surface area contributed by atoms with Crippen LogP contribution in [0.15, 0.2) is 0 Å². The second kappa shape index (κ2) is 5.69. The minimum atomic E-state index is -0.971. The summed E-state index contributed by atoms with van der Waals surface area (Å²) in [7, 11) is 0. The van der Waals surface area contributed by atoms with Crippen LogP contribution in [0.5, 0.6) is 0 Å². The number of hydrogen-bond acceptors (Lipinski definition) is 3. The van der Waals surface area contributed by atoms with Gasteiger partial charge in [-0.1, -0.05) is 45.7 Å². The van der Waals surface area contributed by atoms with E-state index in [1.165, 1.54) is 0 Å². The maximum absolute atomic E-state index is 12.2. The van der Waals surface area contributed by atoms with E-state index in [9.17, 15) is 14.7 Å². The maximum atomic E-state index is 12.2. The number of halogens is 2. The van der Waals surface area contributed by atoms with Crippen LogP contribution in [0.25, 0.3) is 0 Å². The highest BCUT2D eigenvalue weighted by Crippen LogP contribution is 2.49. The van der Waals surface area contributed by atoms with Crippen molar-refractivity contribution in [3.63, 3.8) is 0 Å². The Morgan fingerprint density at radius 3 is 2.21 bits per heavy atom. The molecular formula is C12H17Br2NO4. The molecule has 2 heterocycles. The summed E-state index contributed by atoms with van der Waals surface area (Å²) >= 11 is 6.92. The summed E-state index contributed by atoms with van der Waals surface area (Å²) in [5.41, 5.74) is 0. The summed E-state index contributed by atoms with van der Waals surface area (Å²) in [6.45, 7) is 4.53. The van der Waals surface area contributed by atoms with E-state index in [0.717, 1.165) is 0 Å². The van der Waals surface area contributed by atoms with Gasteiger partial charge in [-0.3, -0.25) is 9.59 Å². The molecular weight excluding hydrogens is 382 g/mol. The molecule has 5 nitrogen and oxygen atoms in total. The Labute approximate surface area is 128 Å². The third-order valence-electron chi connectivity index (χ3n) is 3.61. The van der Waals surface area contributed by atoms with Crippen LogP contribution in [0.3, 0.4) is 0 Å². The van der Waals surface area contributed by atoms with E-state index >= 15 is 0 Å². The fraction of sp³-hybridized carbons (Fsp3) is 0.833. The van der Waals surface area contributed by atoms with E-state index in [2.05, 4.69) is 37.2 Å². The van der Waals surface area contributed by atoms with Crippen LogP contribution in [0.2, 0.25) is 0 Å². The first kappa shape index (κ1) is 15.3. The van der Waals surface area contributed by atoms with Crippen LogP contribution in [-0.2, 0) is 14.3 Å². The standard InChI is InChI=1S/C12H17Br2NO4/c1-4(2)3-15-11(16)5-6(12(17)18)10-8(14)7(13)9(5)19-10/h4-10H,3H2,1-2H3,(H,15,16)(H,17,18)/t5-,6+,7-,8+,9+,10+/m0/s1. The van der Waals surface area contributed by atoms with Crippen LogP contribution in [0.1, 0.15) is 13.8 Å². The third-order valence-corrected chi connectivity index (χ3v) is 6.50. The first-order valence-electron chi connectivity index (χ1n) is 6.28. The van der Waals surface area contributed by atoms with Crippen molar-refractivity contribution in [3.8, 4) is 0 Å². The number of fused-ring (bicyclic) bond motifs is 2. The Balaban J connectivity index is 2.14. The molecule has 2 rings (SSSR count). The van der Waals surface area contributed by atoms with Gasteiger partial charge in [-0.2, -0.15) is 0 Å². The molecule has 2 bridgehead atoms. The highest BCUT2D eigenvalue weighted by Gasteiger charge is 2.63. The second-order valence-corrected chi connectivity index (χ2v) is 7.60. The molecule has 108 valence electrons. The molecule has 0 aromatic rings. The first-order valence-corrected chi connectivity index (χ1v) is 8.11. The van der Waals surface area contributed by atoms with Gasteiger partial charge in [-0.05, 0) is 5.92 Å². The highest BCUT2D eigenvalue weighted by atomic mass is 79.9. The second-order valence-electron chi connectivity index (χ2n) is 5.48. The molecule has 7 heteroatoms. The minimum absolute atomic E-state index is 0.0390. The molecule has 1 amide bonds. The van der Waals surface area contributed by atoms with Gasteiger partial charge in [0.05, 0.1) is 33.7 Å². The molecule has 2 N–H and O–H groups in total. The monoisotopic (exact) mass is 397 g/mol. The van der Waals surface area contributed by atoms with E-state index in [-0.39, 0.29) is 21.7 Å². The summed E-state index contributed by atoms with van der Waals surface area (Å²) < 4.78 is 5.68. The SMILES string of the molecule is CC(C)CNC(=O)[C@@H]1[C@H]2O[C@@H]([C@H](Br)[C@@H]2Br)[C@@H]1C(=O)O. The van der Waals surface area contributed by atoms with Gasteiger partial charge in [0.2, 0.25) is 5.91 Å². The number of amides is 1. The third kappa shape index (κ3) is 2.69. The Kier molecular flexibility index (Phi) is 4.57. The van der Waals surface area contributed by atoms with Gasteiger partial charge < -0.3 is 15.2 Å². The zero-order valence-corrected chi connectivity index (χ0v) is 13.8. The number of carbonyl (C=O) groups is 2. The summed E-state index contributed by atoms with van der Waals surface area (Å²) in [4.78, 5) is 23.5. The number of alkyl halides is 2. The molecule has 0 spiro atoms. The molecule has 0 aromatic carbocycles. The van der Waals surface area contributed by atoms with Crippen molar-refractivity contribution in [1.82, 2.24) is 5.32 Å². The molecule has 0 unspecified atom stereocenters.